The summed E-state index contributed by atoms with van der Waals surface area (Å²) in [6, 6.07) is 7.53. The molecule has 4 bridgehead atoms. The Bertz CT molecular complexity index is 830. The summed E-state index contributed by atoms with van der Waals surface area (Å²) in [5, 5.41) is 16.0. The van der Waals surface area contributed by atoms with Gasteiger partial charge in [-0.25, -0.2) is 0 Å². The van der Waals surface area contributed by atoms with Crippen molar-refractivity contribution in [3.05, 3.63) is 24.3 Å². The van der Waals surface area contributed by atoms with Crippen LogP contribution in [0.25, 0.3) is 5.69 Å². The van der Waals surface area contributed by atoms with Gasteiger partial charge in [0.05, 0.1) is 18.6 Å². The van der Waals surface area contributed by atoms with Crippen LogP contribution in [-0.4, -0.2) is 44.5 Å². The molecule has 0 radical (unpaired) electrons. The first-order chi connectivity index (χ1) is 13.6. The van der Waals surface area contributed by atoms with Crippen LogP contribution in [0.4, 0.5) is 0 Å². The molecule has 1 amide bonds. The maximum Gasteiger partial charge on any atom is 0.230 e. The minimum atomic E-state index is 0.0499. The number of hydrogen-bond acceptors (Lipinski definition) is 6. The second-order valence-corrected chi connectivity index (χ2v) is 9.55. The molecule has 0 saturated heterocycles. The monoisotopic (exact) mass is 399 g/mol. The molecule has 148 valence electrons. The van der Waals surface area contributed by atoms with E-state index in [0.717, 1.165) is 29.2 Å². The minimum absolute atomic E-state index is 0.0499. The number of ether oxygens (including phenoxy) is 1. The molecule has 2 aromatic rings. The summed E-state index contributed by atoms with van der Waals surface area (Å²) >= 11 is 1.38. The normalized spacial score (nSPS) is 30.4. The maximum absolute atomic E-state index is 12.7. The number of thioether (sulfide) groups is 1. The van der Waals surface area contributed by atoms with Crippen molar-refractivity contribution in [1.82, 2.24) is 25.5 Å². The fraction of sp³-hybridized carbons (Fsp3) is 0.600. The van der Waals surface area contributed by atoms with Crippen LogP contribution in [-0.2, 0) is 4.79 Å². The zero-order chi connectivity index (χ0) is 19.1. The van der Waals surface area contributed by atoms with E-state index in [-0.39, 0.29) is 11.4 Å². The number of hydrogen-bond donors (Lipinski definition) is 1. The molecule has 28 heavy (non-hydrogen) atoms. The molecule has 1 aromatic carbocycles. The topological polar surface area (TPSA) is 81.9 Å². The van der Waals surface area contributed by atoms with E-state index < -0.39 is 0 Å². The van der Waals surface area contributed by atoms with E-state index >= 15 is 0 Å². The third-order valence-corrected chi connectivity index (χ3v) is 7.45. The van der Waals surface area contributed by atoms with Crippen molar-refractivity contribution in [2.45, 2.75) is 49.2 Å². The number of nitrogens with one attached hydrogen (secondary N) is 1. The third kappa shape index (κ3) is 3.38. The van der Waals surface area contributed by atoms with Crippen molar-refractivity contribution in [3.63, 3.8) is 0 Å². The van der Waals surface area contributed by atoms with Crippen LogP contribution >= 0.6 is 11.8 Å². The lowest BCUT2D eigenvalue weighted by Gasteiger charge is -2.56. The van der Waals surface area contributed by atoms with Crippen LogP contribution in [0, 0.1) is 17.8 Å². The van der Waals surface area contributed by atoms with E-state index in [9.17, 15) is 4.79 Å². The zero-order valence-electron chi connectivity index (χ0n) is 16.0. The number of carbonyl (C=O) groups excluding carboxylic acids is 1. The molecule has 7 nitrogen and oxygen atoms in total. The van der Waals surface area contributed by atoms with Gasteiger partial charge in [0.25, 0.3) is 0 Å². The van der Waals surface area contributed by atoms with E-state index in [1.54, 1.807) is 11.8 Å². The van der Waals surface area contributed by atoms with Crippen LogP contribution in [0.3, 0.4) is 0 Å². The molecule has 1 heterocycles. The molecule has 1 N–H and O–H groups in total. The first-order valence-electron chi connectivity index (χ1n) is 9.99. The number of nitrogens with zero attached hydrogens (tertiary/aromatic N) is 4. The summed E-state index contributed by atoms with van der Waals surface area (Å²) < 4.78 is 6.85. The molecule has 0 unspecified atom stereocenters. The predicted octanol–water partition coefficient (Wildman–Crippen LogP) is 2.85. The largest absolute Gasteiger partial charge is 0.497 e. The molecule has 4 aliphatic rings. The average Bonchev–Trinajstić information content (AvgIpc) is 3.13. The highest BCUT2D eigenvalue weighted by Gasteiger charge is 2.51. The van der Waals surface area contributed by atoms with E-state index in [1.807, 2.05) is 24.3 Å². The molecule has 8 heteroatoms. The van der Waals surface area contributed by atoms with Gasteiger partial charge in [-0.05, 0) is 91.0 Å². The molecule has 4 fully saturated rings. The van der Waals surface area contributed by atoms with Crippen molar-refractivity contribution in [3.8, 4) is 11.4 Å². The summed E-state index contributed by atoms with van der Waals surface area (Å²) in [5.74, 6) is 3.67. The summed E-state index contributed by atoms with van der Waals surface area (Å²) in [5.41, 5.74) is 0.892. The number of carbonyl (C=O) groups is 1. The fourth-order valence-corrected chi connectivity index (χ4v) is 6.57. The van der Waals surface area contributed by atoms with Gasteiger partial charge >= 0.3 is 0 Å². The molecule has 0 spiro atoms. The number of tetrazole rings is 1. The Kier molecular flexibility index (Phi) is 4.53. The van der Waals surface area contributed by atoms with Crippen molar-refractivity contribution in [2.75, 3.05) is 12.9 Å². The quantitative estimate of drug-likeness (QED) is 0.752. The Morgan fingerprint density at radius 3 is 2.43 bits per heavy atom. The average molecular weight is 400 g/mol. The smallest absolute Gasteiger partial charge is 0.230 e. The third-order valence-electron chi connectivity index (χ3n) is 6.53. The van der Waals surface area contributed by atoms with Crippen LogP contribution in [0.1, 0.15) is 38.5 Å². The Balaban J connectivity index is 1.22. The van der Waals surface area contributed by atoms with Crippen molar-refractivity contribution >= 4 is 17.7 Å². The molecule has 0 aliphatic heterocycles. The SMILES string of the molecule is COc1ccc(-n2nnnc2SCC(=O)NC23CC4CC(CC(C4)C2)C3)cc1. The van der Waals surface area contributed by atoms with Gasteiger partial charge in [-0.1, -0.05) is 11.8 Å². The van der Waals surface area contributed by atoms with Gasteiger partial charge in [-0.3, -0.25) is 4.79 Å². The lowest BCUT2D eigenvalue weighted by molar-refractivity contribution is -0.124. The Hall–Kier alpha value is -2.09. The van der Waals surface area contributed by atoms with E-state index in [1.165, 1.54) is 50.3 Å². The number of benzene rings is 1. The van der Waals surface area contributed by atoms with Gasteiger partial charge in [-0.2, -0.15) is 4.68 Å². The van der Waals surface area contributed by atoms with Gasteiger partial charge in [0.15, 0.2) is 0 Å². The highest BCUT2D eigenvalue weighted by atomic mass is 32.2. The molecule has 4 aliphatic carbocycles. The standard InChI is InChI=1S/C20H25N5O2S/c1-27-17-4-2-16(3-5-17)25-19(22-23-24-25)28-12-18(26)21-20-9-13-6-14(10-20)8-15(7-13)11-20/h2-5,13-15H,6-12H2,1H3,(H,21,26). The predicted molar refractivity (Wildman–Crippen MR) is 105 cm³/mol. The lowest BCUT2D eigenvalue weighted by Crippen LogP contribution is -2.60. The molecular weight excluding hydrogens is 374 g/mol. The molecule has 1 aromatic heterocycles. The molecule has 6 rings (SSSR count). The molecule has 0 atom stereocenters. The van der Waals surface area contributed by atoms with Crippen LogP contribution in [0.5, 0.6) is 5.75 Å². The minimum Gasteiger partial charge on any atom is -0.497 e. The van der Waals surface area contributed by atoms with Crippen LogP contribution < -0.4 is 10.1 Å². The number of amides is 1. The molecular formula is C20H25N5O2S. The summed E-state index contributed by atoms with van der Waals surface area (Å²) in [6.07, 6.45) is 7.62. The Labute approximate surface area is 168 Å². The van der Waals surface area contributed by atoms with Crippen molar-refractivity contribution < 1.29 is 9.53 Å². The fourth-order valence-electron chi connectivity index (χ4n) is 5.88. The van der Waals surface area contributed by atoms with E-state index in [2.05, 4.69) is 20.8 Å². The van der Waals surface area contributed by atoms with Crippen LogP contribution in [0.2, 0.25) is 0 Å². The van der Waals surface area contributed by atoms with Crippen molar-refractivity contribution in [1.29, 1.82) is 0 Å². The summed E-state index contributed by atoms with van der Waals surface area (Å²) in [7, 11) is 1.63. The van der Waals surface area contributed by atoms with Gasteiger partial charge in [0.1, 0.15) is 5.75 Å². The second kappa shape index (κ2) is 7.06. The highest BCUT2D eigenvalue weighted by molar-refractivity contribution is 7.99. The Morgan fingerprint density at radius 2 is 1.82 bits per heavy atom. The number of aromatic nitrogens is 4. The van der Waals surface area contributed by atoms with Crippen LogP contribution in [0.15, 0.2) is 29.4 Å². The van der Waals surface area contributed by atoms with Gasteiger partial charge in [0, 0.05) is 5.54 Å². The van der Waals surface area contributed by atoms with Gasteiger partial charge in [0.2, 0.25) is 11.1 Å². The zero-order valence-corrected chi connectivity index (χ0v) is 16.8. The summed E-state index contributed by atoms with van der Waals surface area (Å²) in [4.78, 5) is 12.7. The number of methoxy groups -OCH3 is 1. The molecule has 4 saturated carbocycles. The second-order valence-electron chi connectivity index (χ2n) is 8.61. The first kappa shape index (κ1) is 18.0. The van der Waals surface area contributed by atoms with Gasteiger partial charge < -0.3 is 10.1 Å². The van der Waals surface area contributed by atoms with Crippen molar-refractivity contribution in [2.24, 2.45) is 17.8 Å². The Morgan fingerprint density at radius 1 is 1.18 bits per heavy atom. The lowest BCUT2D eigenvalue weighted by atomic mass is 9.53. The van der Waals surface area contributed by atoms with Gasteiger partial charge in [-0.15, -0.1) is 5.10 Å². The van der Waals surface area contributed by atoms with E-state index in [0.29, 0.717) is 10.9 Å². The van der Waals surface area contributed by atoms with E-state index in [4.69, 9.17) is 4.74 Å². The first-order valence-corrected chi connectivity index (χ1v) is 11.0. The maximum atomic E-state index is 12.7. The summed E-state index contributed by atoms with van der Waals surface area (Å²) in [6.45, 7) is 0. The highest BCUT2D eigenvalue weighted by Crippen LogP contribution is 2.55. The number of rotatable bonds is 6.